The van der Waals surface area contributed by atoms with Crippen molar-refractivity contribution in [1.29, 1.82) is 0 Å². The smallest absolute Gasteiger partial charge is 0.198 e. The number of aromatic amines is 1. The molecule has 0 amide bonds. The number of nitrogens with one attached hydrogen (secondary N) is 1. The number of hydrogen-bond donors (Lipinski definition) is 1. The van der Waals surface area contributed by atoms with Crippen molar-refractivity contribution >= 4 is 10.9 Å². The molecule has 0 aliphatic carbocycles. The summed E-state index contributed by atoms with van der Waals surface area (Å²) in [5, 5.41) is 0.0225. The molecule has 0 atom stereocenters. The fourth-order valence-electron chi connectivity index (χ4n) is 1.93. The fourth-order valence-corrected chi connectivity index (χ4v) is 1.93. The second-order valence-electron chi connectivity index (χ2n) is 3.94. The molecule has 2 heterocycles. The van der Waals surface area contributed by atoms with E-state index in [0.29, 0.717) is 30.0 Å². The first-order valence-electron chi connectivity index (χ1n) is 5.28. The van der Waals surface area contributed by atoms with Gasteiger partial charge < -0.3 is 14.5 Å². The van der Waals surface area contributed by atoms with Gasteiger partial charge >= 0.3 is 0 Å². The average molecular weight is 235 g/mol. The van der Waals surface area contributed by atoms with Crippen LogP contribution in [0.5, 0.6) is 11.5 Å². The maximum absolute atomic E-state index is 14.2. The molecular formula is C12H10FNO3. The van der Waals surface area contributed by atoms with Gasteiger partial charge in [-0.15, -0.1) is 0 Å². The van der Waals surface area contributed by atoms with Crippen LogP contribution in [0.1, 0.15) is 5.56 Å². The molecule has 88 valence electrons. The maximum Gasteiger partial charge on any atom is 0.198 e. The zero-order chi connectivity index (χ0) is 12.0. The maximum atomic E-state index is 14.2. The molecule has 1 N–H and O–H groups in total. The third-order valence-electron chi connectivity index (χ3n) is 2.80. The number of hydrogen-bond acceptors (Lipinski definition) is 3. The second-order valence-corrected chi connectivity index (χ2v) is 3.94. The summed E-state index contributed by atoms with van der Waals surface area (Å²) in [6, 6.07) is 1.59. The van der Waals surface area contributed by atoms with Crippen LogP contribution in [-0.2, 0) is 0 Å². The minimum absolute atomic E-state index is 0.0225. The van der Waals surface area contributed by atoms with Gasteiger partial charge in [-0.1, -0.05) is 0 Å². The lowest BCUT2D eigenvalue weighted by Gasteiger charge is -2.19. The Bertz CT molecular complexity index is 663. The normalized spacial score (nSPS) is 14.0. The first kappa shape index (κ1) is 10.1. The quantitative estimate of drug-likeness (QED) is 0.756. The van der Waals surface area contributed by atoms with Gasteiger partial charge in [-0.2, -0.15) is 0 Å². The van der Waals surface area contributed by atoms with Crippen LogP contribution in [-0.4, -0.2) is 18.2 Å². The number of aromatic nitrogens is 1. The largest absolute Gasteiger partial charge is 0.486 e. The minimum atomic E-state index is -0.651. The zero-order valence-corrected chi connectivity index (χ0v) is 9.17. The Kier molecular flexibility index (Phi) is 2.07. The minimum Gasteiger partial charge on any atom is -0.486 e. The Balaban J connectivity index is 2.45. The van der Waals surface area contributed by atoms with Crippen LogP contribution in [0.25, 0.3) is 10.9 Å². The Hall–Kier alpha value is -2.04. The first-order valence-corrected chi connectivity index (χ1v) is 5.28. The lowest BCUT2D eigenvalue weighted by Crippen LogP contribution is -2.18. The van der Waals surface area contributed by atoms with Crippen LogP contribution >= 0.6 is 0 Å². The summed E-state index contributed by atoms with van der Waals surface area (Å²) in [5.41, 5.74) is 0.559. The van der Waals surface area contributed by atoms with E-state index in [9.17, 15) is 9.18 Å². The van der Waals surface area contributed by atoms with E-state index in [1.54, 1.807) is 19.2 Å². The molecule has 0 saturated carbocycles. The van der Waals surface area contributed by atoms with Gasteiger partial charge in [0.2, 0.25) is 0 Å². The SMILES string of the molecule is Cc1c[nH]c2cc3c(c(F)c2c1=O)OCCO3. The average Bonchev–Trinajstić information content (AvgIpc) is 2.34. The standard InChI is InChI=1S/C12H10FNO3/c1-6-5-14-7-4-8-12(17-3-2-16-8)10(13)9(7)11(6)15/h4-5H,2-3H2,1H3,(H,14,15). The predicted molar refractivity (Wildman–Crippen MR) is 60.3 cm³/mol. The molecule has 2 aromatic rings. The molecule has 3 rings (SSSR count). The van der Waals surface area contributed by atoms with Gasteiger partial charge in [0.1, 0.15) is 13.2 Å². The van der Waals surface area contributed by atoms with Gasteiger partial charge in [0, 0.05) is 17.8 Å². The van der Waals surface area contributed by atoms with Gasteiger partial charge in [0.15, 0.2) is 22.7 Å². The fraction of sp³-hybridized carbons (Fsp3) is 0.250. The third kappa shape index (κ3) is 1.39. The molecule has 0 fully saturated rings. The van der Waals surface area contributed by atoms with Crippen LogP contribution < -0.4 is 14.9 Å². The van der Waals surface area contributed by atoms with E-state index in [2.05, 4.69) is 4.98 Å². The van der Waals surface area contributed by atoms with E-state index in [1.165, 1.54) is 0 Å². The van der Waals surface area contributed by atoms with Crippen molar-refractivity contribution < 1.29 is 13.9 Å². The molecule has 0 spiro atoms. The number of fused-ring (bicyclic) bond motifs is 2. The molecule has 0 unspecified atom stereocenters. The summed E-state index contributed by atoms with van der Waals surface area (Å²) < 4.78 is 24.7. The van der Waals surface area contributed by atoms with Crippen molar-refractivity contribution in [3.63, 3.8) is 0 Å². The van der Waals surface area contributed by atoms with E-state index < -0.39 is 5.82 Å². The van der Waals surface area contributed by atoms with Crippen molar-refractivity contribution in [2.75, 3.05) is 13.2 Å². The lowest BCUT2D eigenvalue weighted by atomic mass is 10.1. The number of ether oxygens (including phenoxy) is 2. The predicted octanol–water partition coefficient (Wildman–Crippen LogP) is 1.75. The van der Waals surface area contributed by atoms with Crippen LogP contribution in [0.4, 0.5) is 4.39 Å². The van der Waals surface area contributed by atoms with Crippen molar-refractivity contribution in [3.8, 4) is 11.5 Å². The molecule has 0 radical (unpaired) electrons. The zero-order valence-electron chi connectivity index (χ0n) is 9.17. The molecule has 1 aliphatic rings. The third-order valence-corrected chi connectivity index (χ3v) is 2.80. The van der Waals surface area contributed by atoms with Crippen LogP contribution in [0, 0.1) is 12.7 Å². The molecule has 4 nitrogen and oxygen atoms in total. The molecule has 0 bridgehead atoms. The highest BCUT2D eigenvalue weighted by Gasteiger charge is 2.21. The molecular weight excluding hydrogens is 225 g/mol. The molecule has 1 aromatic carbocycles. The Morgan fingerprint density at radius 2 is 2.12 bits per heavy atom. The molecule has 1 aromatic heterocycles. The van der Waals surface area contributed by atoms with E-state index in [4.69, 9.17) is 9.47 Å². The Morgan fingerprint density at radius 3 is 2.94 bits per heavy atom. The summed E-state index contributed by atoms with van der Waals surface area (Å²) in [6.45, 7) is 2.31. The van der Waals surface area contributed by atoms with Gasteiger partial charge in [-0.05, 0) is 6.92 Å². The van der Waals surface area contributed by atoms with E-state index in [1.807, 2.05) is 0 Å². The van der Waals surface area contributed by atoms with Gasteiger partial charge in [-0.25, -0.2) is 4.39 Å². The van der Waals surface area contributed by atoms with Crippen molar-refractivity contribution in [3.05, 3.63) is 33.9 Å². The monoisotopic (exact) mass is 235 g/mol. The summed E-state index contributed by atoms with van der Waals surface area (Å²) in [6.07, 6.45) is 1.56. The number of rotatable bonds is 0. The van der Waals surface area contributed by atoms with Crippen LogP contribution in [0.15, 0.2) is 17.1 Å². The van der Waals surface area contributed by atoms with Crippen molar-refractivity contribution in [2.45, 2.75) is 6.92 Å². The second kappa shape index (κ2) is 3.48. The topological polar surface area (TPSA) is 51.3 Å². The van der Waals surface area contributed by atoms with E-state index in [-0.39, 0.29) is 16.6 Å². The highest BCUT2D eigenvalue weighted by atomic mass is 19.1. The molecule has 0 saturated heterocycles. The van der Waals surface area contributed by atoms with Crippen LogP contribution in [0.3, 0.4) is 0 Å². The highest BCUT2D eigenvalue weighted by Crippen LogP contribution is 2.36. The van der Waals surface area contributed by atoms with Gasteiger partial charge in [-0.3, -0.25) is 4.79 Å². The van der Waals surface area contributed by atoms with Crippen molar-refractivity contribution in [2.24, 2.45) is 0 Å². The number of H-pyrrole nitrogens is 1. The first-order chi connectivity index (χ1) is 8.18. The summed E-state index contributed by atoms with van der Waals surface area (Å²) in [5.74, 6) is -0.289. The van der Waals surface area contributed by atoms with Crippen LogP contribution in [0.2, 0.25) is 0 Å². The number of pyridine rings is 1. The van der Waals surface area contributed by atoms with Gasteiger partial charge in [0.05, 0.1) is 10.9 Å². The summed E-state index contributed by atoms with van der Waals surface area (Å²) in [7, 11) is 0. The number of halogens is 1. The van der Waals surface area contributed by atoms with Gasteiger partial charge in [0.25, 0.3) is 0 Å². The molecule has 5 heteroatoms. The van der Waals surface area contributed by atoms with E-state index >= 15 is 0 Å². The molecule has 1 aliphatic heterocycles. The number of aryl methyl sites for hydroxylation is 1. The summed E-state index contributed by atoms with van der Waals surface area (Å²) in [4.78, 5) is 14.8. The Labute approximate surface area is 96.0 Å². The lowest BCUT2D eigenvalue weighted by molar-refractivity contribution is 0.165. The number of benzene rings is 1. The van der Waals surface area contributed by atoms with Crippen molar-refractivity contribution in [1.82, 2.24) is 4.98 Å². The highest BCUT2D eigenvalue weighted by molar-refractivity contribution is 5.83. The van der Waals surface area contributed by atoms with E-state index in [0.717, 1.165) is 0 Å². The summed E-state index contributed by atoms with van der Waals surface area (Å²) >= 11 is 0. The Morgan fingerprint density at radius 1 is 1.35 bits per heavy atom. The molecule has 17 heavy (non-hydrogen) atoms.